The van der Waals surface area contributed by atoms with Crippen LogP contribution >= 0.6 is 23.2 Å². The van der Waals surface area contributed by atoms with Crippen LogP contribution in [0, 0.1) is 0 Å². The second kappa shape index (κ2) is 13.4. The highest BCUT2D eigenvalue weighted by atomic mass is 35.5. The van der Waals surface area contributed by atoms with Crippen molar-refractivity contribution in [2.75, 3.05) is 13.2 Å². The first-order chi connectivity index (χ1) is 18.5. The minimum absolute atomic E-state index is 0.119. The number of fused-ring (bicyclic) bond motifs is 1. The summed E-state index contributed by atoms with van der Waals surface area (Å²) < 4.78 is 0. The van der Waals surface area contributed by atoms with E-state index in [1.165, 1.54) is 6.92 Å². The zero-order valence-electron chi connectivity index (χ0n) is 21.5. The highest BCUT2D eigenvalue weighted by Gasteiger charge is 2.49. The third-order valence-electron chi connectivity index (χ3n) is 6.74. The largest absolute Gasteiger partial charge is 0.394 e. The molecule has 12 nitrogen and oxygen atoms in total. The molecule has 5 amide bonds. The van der Waals surface area contributed by atoms with E-state index < -0.39 is 83.2 Å². The second-order valence-electron chi connectivity index (χ2n) is 9.57. The normalized spacial score (nSPS) is 32.0. The number of halogens is 2. The molecule has 2 fully saturated rings. The van der Waals surface area contributed by atoms with E-state index in [4.69, 9.17) is 23.2 Å². The van der Waals surface area contributed by atoms with Gasteiger partial charge in [0.1, 0.15) is 24.2 Å². The van der Waals surface area contributed by atoms with Gasteiger partial charge in [0.2, 0.25) is 29.5 Å². The average molecular weight is 586 g/mol. The molecule has 0 bridgehead atoms. The maximum Gasteiger partial charge on any atom is 0.248 e. The van der Waals surface area contributed by atoms with Crippen LogP contribution in [0.25, 0.3) is 0 Å². The molecular formula is C25H33Cl2N5O7. The molecule has 214 valence electrons. The summed E-state index contributed by atoms with van der Waals surface area (Å²) in [4.78, 5) is 67.0. The quantitative estimate of drug-likeness (QED) is 0.243. The lowest BCUT2D eigenvalue weighted by Crippen LogP contribution is -2.61. The Labute approximate surface area is 235 Å². The number of nitrogens with zero attached hydrogens (tertiary/aromatic N) is 1. The van der Waals surface area contributed by atoms with E-state index in [-0.39, 0.29) is 19.4 Å². The van der Waals surface area contributed by atoms with Gasteiger partial charge in [-0.2, -0.15) is 0 Å². The molecule has 0 aromatic heterocycles. The molecule has 3 rings (SSSR count). The molecule has 0 aliphatic carbocycles. The van der Waals surface area contributed by atoms with E-state index in [0.717, 1.165) is 4.90 Å². The summed E-state index contributed by atoms with van der Waals surface area (Å²) in [6.45, 7) is 2.05. The molecule has 0 saturated carbocycles. The number of hydrogen-bond donors (Lipinski definition) is 6. The Hall–Kier alpha value is -2.93. The van der Waals surface area contributed by atoms with Crippen molar-refractivity contribution in [2.24, 2.45) is 0 Å². The molecule has 0 unspecified atom stereocenters. The summed E-state index contributed by atoms with van der Waals surface area (Å²) in [6, 6.07) is 2.37. The zero-order valence-corrected chi connectivity index (χ0v) is 23.0. The highest BCUT2D eigenvalue weighted by molar-refractivity contribution is 6.32. The Morgan fingerprint density at radius 3 is 2.15 bits per heavy atom. The van der Waals surface area contributed by atoms with Crippen LogP contribution in [0.3, 0.4) is 0 Å². The number of aliphatic hydroxyl groups excluding tert-OH is 2. The number of benzene rings is 1. The number of aliphatic hydroxyl groups is 2. The van der Waals surface area contributed by atoms with E-state index >= 15 is 0 Å². The zero-order chi connectivity index (χ0) is 28.9. The summed E-state index contributed by atoms with van der Waals surface area (Å²) in [5.41, 5.74) is 0.554. The smallest absolute Gasteiger partial charge is 0.248 e. The number of amides is 5. The van der Waals surface area contributed by atoms with Crippen LogP contribution < -0.4 is 21.3 Å². The van der Waals surface area contributed by atoms with Crippen molar-refractivity contribution < 1.29 is 34.2 Å². The number of rotatable bonds is 4. The maximum absolute atomic E-state index is 13.5. The number of nitrogens with one attached hydrogen (secondary N) is 4. The van der Waals surface area contributed by atoms with Crippen molar-refractivity contribution in [2.45, 2.75) is 73.8 Å². The van der Waals surface area contributed by atoms with Gasteiger partial charge in [0.25, 0.3) is 0 Å². The fourth-order valence-corrected chi connectivity index (χ4v) is 5.17. The summed E-state index contributed by atoms with van der Waals surface area (Å²) in [7, 11) is 0. The van der Waals surface area contributed by atoms with Crippen LogP contribution in [0.15, 0.2) is 30.3 Å². The molecule has 39 heavy (non-hydrogen) atoms. The lowest BCUT2D eigenvalue weighted by molar-refractivity contribution is -0.144. The summed E-state index contributed by atoms with van der Waals surface area (Å²) in [5.74, 6) is -3.75. The minimum Gasteiger partial charge on any atom is -0.394 e. The fraction of sp³-hybridized carbons (Fsp3) is 0.560. The van der Waals surface area contributed by atoms with Gasteiger partial charge >= 0.3 is 0 Å². The van der Waals surface area contributed by atoms with Gasteiger partial charge in [-0.1, -0.05) is 37.3 Å². The molecular weight excluding hydrogens is 553 g/mol. The number of carbonyl (C=O) groups excluding carboxylic acids is 5. The Bertz CT molecular complexity index is 1080. The van der Waals surface area contributed by atoms with Crippen LogP contribution in [-0.2, 0) is 24.0 Å². The van der Waals surface area contributed by atoms with Gasteiger partial charge in [-0.3, -0.25) is 24.0 Å². The van der Waals surface area contributed by atoms with Crippen LogP contribution in [0.1, 0.15) is 38.3 Å². The number of alkyl halides is 2. The van der Waals surface area contributed by atoms with Crippen LogP contribution in [0.5, 0.6) is 0 Å². The second-order valence-corrected chi connectivity index (χ2v) is 10.6. The van der Waals surface area contributed by atoms with Gasteiger partial charge in [0.05, 0.1) is 35.9 Å². The van der Waals surface area contributed by atoms with Crippen molar-refractivity contribution >= 4 is 52.7 Å². The third kappa shape index (κ3) is 7.18. The van der Waals surface area contributed by atoms with Gasteiger partial charge in [0.15, 0.2) is 0 Å². The van der Waals surface area contributed by atoms with Gasteiger partial charge in [-0.05, 0) is 18.9 Å². The number of carbonyl (C=O) groups is 5. The average Bonchev–Trinajstić information content (AvgIpc) is 3.21. The standard InChI is InChI=1S/C25H33Cl2N5O7/c1-3-15-22(36)30-17(11-33)23(37)29-16(13-7-5-4-6-8-13)9-18(35)31-20(12(2)34)25(39)32-10-14(26)19(27)21(32)24(38)28-15/h4-8,12,14-17,19-21,33-34H,3,9-11H2,1-2H3,(H,28,38)(H,29,37)(H,30,36)(H,31,35)/t12-,14-,15-,16-,17+,19-,20+,21+/m1/s1. The Morgan fingerprint density at radius 2 is 1.56 bits per heavy atom. The molecule has 2 saturated heterocycles. The molecule has 1 aromatic carbocycles. The van der Waals surface area contributed by atoms with E-state index in [9.17, 15) is 34.2 Å². The fourth-order valence-electron chi connectivity index (χ4n) is 4.56. The predicted molar refractivity (Wildman–Crippen MR) is 142 cm³/mol. The topological polar surface area (TPSA) is 177 Å². The molecule has 0 radical (unpaired) electrons. The molecule has 0 spiro atoms. The minimum atomic E-state index is -1.45. The lowest BCUT2D eigenvalue weighted by Gasteiger charge is -2.32. The lowest BCUT2D eigenvalue weighted by atomic mass is 10.0. The molecule has 8 atom stereocenters. The van der Waals surface area contributed by atoms with Gasteiger partial charge in [-0.15, -0.1) is 23.2 Å². The number of hydrogen-bond acceptors (Lipinski definition) is 7. The summed E-state index contributed by atoms with van der Waals surface area (Å²) in [6.07, 6.45) is -1.57. The summed E-state index contributed by atoms with van der Waals surface area (Å²) in [5, 5.41) is 28.5. The first-order valence-electron chi connectivity index (χ1n) is 12.6. The molecule has 14 heteroatoms. The van der Waals surface area contributed by atoms with Crippen molar-refractivity contribution in [1.82, 2.24) is 26.2 Å². The molecule has 1 aromatic rings. The Kier molecular flexibility index (Phi) is 10.5. The molecule has 2 aliphatic heterocycles. The molecule has 2 heterocycles. The van der Waals surface area contributed by atoms with E-state index in [1.807, 2.05) is 0 Å². The Balaban J connectivity index is 2.03. The molecule has 6 N–H and O–H groups in total. The van der Waals surface area contributed by atoms with Crippen molar-refractivity contribution in [3.63, 3.8) is 0 Å². The SMILES string of the molecule is CC[C@H]1NC(=O)[C@@H]2[C@H](Cl)[C@H](Cl)CN2C(=O)[C@H]([C@@H](C)O)NC(=O)C[C@H](c2ccccc2)NC(=O)[C@H](CO)NC1=O. The van der Waals surface area contributed by atoms with E-state index in [0.29, 0.717) is 5.56 Å². The first-order valence-corrected chi connectivity index (χ1v) is 13.5. The van der Waals surface area contributed by atoms with Crippen molar-refractivity contribution in [3.05, 3.63) is 35.9 Å². The van der Waals surface area contributed by atoms with E-state index in [2.05, 4.69) is 21.3 Å². The summed E-state index contributed by atoms with van der Waals surface area (Å²) >= 11 is 12.7. The van der Waals surface area contributed by atoms with Gasteiger partial charge in [-0.25, -0.2) is 0 Å². The van der Waals surface area contributed by atoms with Crippen LogP contribution in [0.4, 0.5) is 0 Å². The van der Waals surface area contributed by atoms with Crippen molar-refractivity contribution in [1.29, 1.82) is 0 Å². The maximum atomic E-state index is 13.5. The van der Waals surface area contributed by atoms with Crippen molar-refractivity contribution in [3.8, 4) is 0 Å². The van der Waals surface area contributed by atoms with E-state index in [1.54, 1.807) is 37.3 Å². The van der Waals surface area contributed by atoms with Crippen LogP contribution in [0.2, 0.25) is 0 Å². The van der Waals surface area contributed by atoms with Crippen LogP contribution in [-0.4, -0.2) is 98.8 Å². The van der Waals surface area contributed by atoms with Gasteiger partial charge < -0.3 is 36.4 Å². The first kappa shape index (κ1) is 30.6. The van der Waals surface area contributed by atoms with Gasteiger partial charge in [0, 0.05) is 6.54 Å². The predicted octanol–water partition coefficient (Wildman–Crippen LogP) is -1.09. The molecule has 2 aliphatic rings. The Morgan fingerprint density at radius 1 is 0.949 bits per heavy atom. The monoisotopic (exact) mass is 585 g/mol. The highest BCUT2D eigenvalue weighted by Crippen LogP contribution is 2.29. The third-order valence-corrected chi connectivity index (χ3v) is 7.82.